The number of hydrogen-bond acceptors (Lipinski definition) is 3. The first-order chi connectivity index (χ1) is 8.78. The molecule has 2 aliphatic heterocycles. The molecule has 0 aliphatic carbocycles. The molecule has 2 nitrogen and oxygen atoms in total. The van der Waals surface area contributed by atoms with Crippen LogP contribution in [0.5, 0.6) is 0 Å². The summed E-state index contributed by atoms with van der Waals surface area (Å²) in [6.45, 7) is 0. The molecule has 0 aromatic carbocycles. The van der Waals surface area contributed by atoms with Crippen LogP contribution in [0.2, 0.25) is 0 Å². The molecule has 2 saturated heterocycles. The maximum atomic E-state index is 3.58. The van der Waals surface area contributed by atoms with E-state index in [2.05, 4.69) is 41.1 Å². The van der Waals surface area contributed by atoms with E-state index in [-0.39, 0.29) is 0 Å². The van der Waals surface area contributed by atoms with Gasteiger partial charge in [0.2, 0.25) is 0 Å². The number of nitrogens with one attached hydrogen (secondary N) is 1. The fourth-order valence-corrected chi connectivity index (χ4v) is 4.63. The van der Waals surface area contributed by atoms with Gasteiger partial charge < -0.3 is 10.2 Å². The zero-order valence-electron chi connectivity index (χ0n) is 11.4. The molecular weight excluding hydrogens is 240 g/mol. The molecule has 0 saturated carbocycles. The van der Waals surface area contributed by atoms with Crippen molar-refractivity contribution in [3.8, 4) is 0 Å². The predicted molar refractivity (Wildman–Crippen MR) is 78.2 cm³/mol. The van der Waals surface area contributed by atoms with Gasteiger partial charge in [0.25, 0.3) is 0 Å². The van der Waals surface area contributed by atoms with Gasteiger partial charge in [-0.05, 0) is 74.5 Å². The second-order valence-electron chi connectivity index (χ2n) is 6.01. The van der Waals surface area contributed by atoms with E-state index in [0.29, 0.717) is 6.04 Å². The first kappa shape index (κ1) is 12.6. The van der Waals surface area contributed by atoms with Crippen molar-refractivity contribution in [3.63, 3.8) is 0 Å². The zero-order valence-corrected chi connectivity index (χ0v) is 12.2. The van der Waals surface area contributed by atoms with Crippen LogP contribution in [-0.4, -0.2) is 37.1 Å². The summed E-state index contributed by atoms with van der Waals surface area (Å²) in [5.41, 5.74) is 1.51. The van der Waals surface area contributed by atoms with Crippen LogP contribution in [0.3, 0.4) is 0 Å². The highest BCUT2D eigenvalue weighted by atomic mass is 32.1. The lowest BCUT2D eigenvalue weighted by Gasteiger charge is -2.39. The number of rotatable bonds is 4. The average molecular weight is 264 g/mol. The lowest BCUT2D eigenvalue weighted by atomic mass is 9.83. The van der Waals surface area contributed by atoms with E-state index >= 15 is 0 Å². The lowest BCUT2D eigenvalue weighted by molar-refractivity contribution is 0.114. The number of thiophene rings is 1. The van der Waals surface area contributed by atoms with Crippen LogP contribution in [0.1, 0.15) is 31.2 Å². The van der Waals surface area contributed by atoms with Crippen molar-refractivity contribution in [1.82, 2.24) is 10.2 Å². The molecule has 1 aromatic heterocycles. The molecule has 3 heteroatoms. The minimum Gasteiger partial charge on any atom is -0.316 e. The second kappa shape index (κ2) is 5.32. The molecule has 3 atom stereocenters. The normalized spacial score (nSPS) is 33.8. The summed E-state index contributed by atoms with van der Waals surface area (Å²) in [5.74, 6) is 0.864. The van der Waals surface area contributed by atoms with Crippen molar-refractivity contribution in [2.75, 3.05) is 14.1 Å². The molecule has 2 fully saturated rings. The molecule has 18 heavy (non-hydrogen) atoms. The topological polar surface area (TPSA) is 15.3 Å². The summed E-state index contributed by atoms with van der Waals surface area (Å²) >= 11 is 1.82. The minimum absolute atomic E-state index is 0.663. The molecule has 0 amide bonds. The molecule has 2 bridgehead atoms. The highest BCUT2D eigenvalue weighted by Crippen LogP contribution is 2.39. The number of likely N-dealkylation sites (N-methyl/N-ethyl adjacent to an activating group) is 1. The third kappa shape index (κ3) is 2.36. The average Bonchev–Trinajstić information content (AvgIpc) is 2.93. The molecule has 100 valence electrons. The van der Waals surface area contributed by atoms with Crippen molar-refractivity contribution < 1.29 is 0 Å². The summed E-state index contributed by atoms with van der Waals surface area (Å²) in [4.78, 5) is 2.63. The van der Waals surface area contributed by atoms with Crippen LogP contribution in [0.4, 0.5) is 0 Å². The van der Waals surface area contributed by atoms with E-state index in [9.17, 15) is 0 Å². The lowest BCUT2D eigenvalue weighted by Crippen LogP contribution is -2.47. The first-order valence-corrected chi connectivity index (χ1v) is 8.12. The van der Waals surface area contributed by atoms with E-state index in [1.807, 2.05) is 11.3 Å². The Morgan fingerprint density at radius 3 is 2.67 bits per heavy atom. The fourth-order valence-electron chi connectivity index (χ4n) is 3.95. The molecule has 2 aliphatic rings. The molecular formula is C15H24N2S. The van der Waals surface area contributed by atoms with E-state index in [1.54, 1.807) is 0 Å². The summed E-state index contributed by atoms with van der Waals surface area (Å²) in [5, 5.41) is 8.07. The summed E-state index contributed by atoms with van der Waals surface area (Å²) in [6.07, 6.45) is 6.83. The second-order valence-corrected chi connectivity index (χ2v) is 6.79. The third-order valence-corrected chi connectivity index (χ3v) is 5.84. The maximum Gasteiger partial charge on any atom is 0.0134 e. The van der Waals surface area contributed by atoms with Crippen LogP contribution in [0, 0.1) is 5.92 Å². The maximum absolute atomic E-state index is 3.58. The van der Waals surface area contributed by atoms with E-state index in [4.69, 9.17) is 0 Å². The Hall–Kier alpha value is -0.380. The van der Waals surface area contributed by atoms with Gasteiger partial charge in [-0.15, -0.1) is 0 Å². The summed E-state index contributed by atoms with van der Waals surface area (Å²) < 4.78 is 0. The Morgan fingerprint density at radius 1 is 1.39 bits per heavy atom. The monoisotopic (exact) mass is 264 g/mol. The van der Waals surface area contributed by atoms with Gasteiger partial charge in [0.15, 0.2) is 0 Å². The van der Waals surface area contributed by atoms with Crippen molar-refractivity contribution in [2.24, 2.45) is 5.92 Å². The van der Waals surface area contributed by atoms with Gasteiger partial charge in [-0.1, -0.05) is 0 Å². The Balaban J connectivity index is 1.66. The molecule has 3 heterocycles. The number of nitrogens with zero attached hydrogens (tertiary/aromatic N) is 1. The van der Waals surface area contributed by atoms with Gasteiger partial charge in [-0.2, -0.15) is 11.3 Å². The van der Waals surface area contributed by atoms with Crippen LogP contribution in [0.25, 0.3) is 0 Å². The molecule has 3 rings (SSSR count). The Morgan fingerprint density at radius 2 is 2.11 bits per heavy atom. The molecule has 0 spiro atoms. The van der Waals surface area contributed by atoms with E-state index in [1.165, 1.54) is 37.7 Å². The van der Waals surface area contributed by atoms with Gasteiger partial charge in [-0.25, -0.2) is 0 Å². The van der Waals surface area contributed by atoms with Crippen molar-refractivity contribution in [2.45, 2.75) is 50.2 Å². The smallest absolute Gasteiger partial charge is 0.0134 e. The Labute approximate surface area is 114 Å². The van der Waals surface area contributed by atoms with E-state index < -0.39 is 0 Å². The highest BCUT2D eigenvalue weighted by molar-refractivity contribution is 7.07. The Bertz CT molecular complexity index is 362. The quantitative estimate of drug-likeness (QED) is 0.899. The van der Waals surface area contributed by atoms with Gasteiger partial charge >= 0.3 is 0 Å². The van der Waals surface area contributed by atoms with Gasteiger partial charge in [0, 0.05) is 18.1 Å². The minimum atomic E-state index is 0.663. The molecule has 1 aromatic rings. The van der Waals surface area contributed by atoms with Crippen LogP contribution >= 0.6 is 11.3 Å². The highest BCUT2D eigenvalue weighted by Gasteiger charge is 2.40. The van der Waals surface area contributed by atoms with E-state index in [0.717, 1.165) is 18.0 Å². The third-order valence-electron chi connectivity index (χ3n) is 5.11. The van der Waals surface area contributed by atoms with Crippen LogP contribution in [-0.2, 0) is 6.42 Å². The largest absolute Gasteiger partial charge is 0.316 e. The molecule has 3 unspecified atom stereocenters. The van der Waals surface area contributed by atoms with Crippen molar-refractivity contribution in [3.05, 3.63) is 22.4 Å². The van der Waals surface area contributed by atoms with Gasteiger partial charge in [0.1, 0.15) is 0 Å². The van der Waals surface area contributed by atoms with Gasteiger partial charge in [-0.3, -0.25) is 0 Å². The standard InChI is InChI=1S/C15H24N2S/c1-16-15(7-11-5-6-18-10-11)12-8-13-3-4-14(9-12)17(13)2/h5-6,10,12-16H,3-4,7-9H2,1-2H3. The number of piperidine rings is 1. The molecule has 1 N–H and O–H groups in total. The number of fused-ring (bicyclic) bond motifs is 2. The first-order valence-electron chi connectivity index (χ1n) is 7.18. The van der Waals surface area contributed by atoms with Gasteiger partial charge in [0.05, 0.1) is 0 Å². The van der Waals surface area contributed by atoms with Crippen molar-refractivity contribution in [1.29, 1.82) is 0 Å². The summed E-state index contributed by atoms with van der Waals surface area (Å²) in [6, 6.07) is 4.65. The summed E-state index contributed by atoms with van der Waals surface area (Å²) in [7, 11) is 4.46. The van der Waals surface area contributed by atoms with Crippen molar-refractivity contribution >= 4 is 11.3 Å². The zero-order chi connectivity index (χ0) is 12.5. The SMILES string of the molecule is CNC(Cc1ccsc1)C1CC2CCC(C1)N2C. The Kier molecular flexibility index (Phi) is 3.73. The predicted octanol–water partition coefficient (Wildman–Crippen LogP) is 2.75. The fraction of sp³-hybridized carbons (Fsp3) is 0.733. The molecule has 0 radical (unpaired) electrons. The van der Waals surface area contributed by atoms with Crippen LogP contribution in [0.15, 0.2) is 16.8 Å². The number of hydrogen-bond donors (Lipinski definition) is 1. The van der Waals surface area contributed by atoms with Crippen LogP contribution < -0.4 is 5.32 Å².